The first kappa shape index (κ1) is 18.0. The fourth-order valence-corrected chi connectivity index (χ4v) is 2.79. The van der Waals surface area contributed by atoms with Gasteiger partial charge in [-0.1, -0.05) is 42.5 Å². The topological polar surface area (TPSA) is 75.4 Å². The molecule has 126 valence electrons. The molecule has 2 aromatic carbocycles. The molecule has 2 atom stereocenters. The largest absolute Gasteiger partial charge is 0.320 e. The molecule has 0 aromatic heterocycles. The smallest absolute Gasteiger partial charge is 0.255 e. The van der Waals surface area contributed by atoms with E-state index in [2.05, 4.69) is 5.43 Å². The Morgan fingerprint density at radius 1 is 1.12 bits per heavy atom. The zero-order valence-corrected chi connectivity index (χ0v) is 14.3. The predicted octanol–water partition coefficient (Wildman–Crippen LogP) is 2.60. The third-order valence-corrected chi connectivity index (χ3v) is 4.09. The maximum absolute atomic E-state index is 12.9. The van der Waals surface area contributed by atoms with Gasteiger partial charge in [0.2, 0.25) is 0 Å². The van der Waals surface area contributed by atoms with Crippen molar-refractivity contribution in [3.63, 3.8) is 0 Å². The van der Waals surface area contributed by atoms with Gasteiger partial charge < -0.3 is 5.73 Å². The van der Waals surface area contributed by atoms with Crippen LogP contribution in [0.2, 0.25) is 0 Å². The number of fused-ring (bicyclic) bond motifs is 3. The third kappa shape index (κ3) is 3.00. The molecule has 1 aliphatic heterocycles. The fraction of sp³-hybridized carbons (Fsp3) is 0.222. The lowest BCUT2D eigenvalue weighted by molar-refractivity contribution is -0.127. The van der Waals surface area contributed by atoms with Gasteiger partial charge in [0.25, 0.3) is 11.8 Å². The van der Waals surface area contributed by atoms with Crippen molar-refractivity contribution in [3.8, 4) is 11.1 Å². The molecule has 0 fully saturated rings. The number of amides is 2. The van der Waals surface area contributed by atoms with Crippen molar-refractivity contribution in [1.82, 2.24) is 5.43 Å². The van der Waals surface area contributed by atoms with Crippen molar-refractivity contribution >= 4 is 29.9 Å². The van der Waals surface area contributed by atoms with Gasteiger partial charge in [-0.05, 0) is 31.0 Å². The molecular weight excluding hydrogens is 326 g/mol. The molecule has 3 rings (SSSR count). The number of para-hydroxylation sites is 1. The van der Waals surface area contributed by atoms with E-state index in [0.29, 0.717) is 5.69 Å². The van der Waals surface area contributed by atoms with E-state index in [0.717, 1.165) is 16.7 Å². The molecule has 2 amide bonds. The molecule has 1 heterocycles. The number of benzene rings is 2. The Labute approximate surface area is 147 Å². The highest BCUT2D eigenvalue weighted by atomic mass is 35.5. The lowest BCUT2D eigenvalue weighted by Crippen LogP contribution is -2.52. The van der Waals surface area contributed by atoms with Crippen LogP contribution in [0.1, 0.15) is 25.3 Å². The second-order valence-electron chi connectivity index (χ2n) is 5.76. The number of halogens is 1. The maximum atomic E-state index is 12.9. The zero-order chi connectivity index (χ0) is 16.6. The molecular formula is C18H20ClN3O2. The summed E-state index contributed by atoms with van der Waals surface area (Å²) in [6, 6.07) is 14.6. The molecule has 0 radical (unpaired) electrons. The second-order valence-corrected chi connectivity index (χ2v) is 5.76. The molecule has 5 nitrogen and oxygen atoms in total. The number of hydrogen-bond donors (Lipinski definition) is 2. The average Bonchev–Trinajstić information content (AvgIpc) is 2.65. The van der Waals surface area contributed by atoms with E-state index in [9.17, 15) is 9.59 Å². The van der Waals surface area contributed by atoms with Crippen LogP contribution in [0.4, 0.5) is 5.69 Å². The molecule has 6 heteroatoms. The molecule has 0 aliphatic carbocycles. The van der Waals surface area contributed by atoms with Gasteiger partial charge in [0, 0.05) is 5.56 Å². The van der Waals surface area contributed by atoms with Crippen molar-refractivity contribution in [2.75, 3.05) is 5.01 Å². The SMILES string of the molecule is C[C@H](N)C(=O)NN1C(=O)[C@H](C)c2ccccc2-c2ccccc21.Cl. The van der Waals surface area contributed by atoms with E-state index in [1.807, 2.05) is 55.5 Å². The number of nitrogens with zero attached hydrogens (tertiary/aromatic N) is 1. The van der Waals surface area contributed by atoms with Crippen LogP contribution >= 0.6 is 12.4 Å². The first-order valence-electron chi connectivity index (χ1n) is 7.59. The van der Waals surface area contributed by atoms with Gasteiger partial charge in [-0.2, -0.15) is 0 Å². The van der Waals surface area contributed by atoms with Crippen LogP contribution in [0.25, 0.3) is 11.1 Å². The molecule has 2 aromatic rings. The van der Waals surface area contributed by atoms with Crippen molar-refractivity contribution < 1.29 is 9.59 Å². The number of anilines is 1. The van der Waals surface area contributed by atoms with Crippen molar-refractivity contribution in [3.05, 3.63) is 54.1 Å². The van der Waals surface area contributed by atoms with Crippen LogP contribution in [-0.2, 0) is 9.59 Å². The van der Waals surface area contributed by atoms with Gasteiger partial charge in [0.15, 0.2) is 0 Å². The molecule has 0 bridgehead atoms. The van der Waals surface area contributed by atoms with Crippen LogP contribution in [-0.4, -0.2) is 17.9 Å². The number of carbonyl (C=O) groups is 2. The summed E-state index contributed by atoms with van der Waals surface area (Å²) in [6.45, 7) is 3.43. The van der Waals surface area contributed by atoms with E-state index in [1.165, 1.54) is 5.01 Å². The van der Waals surface area contributed by atoms with Gasteiger partial charge in [0.1, 0.15) is 0 Å². The minimum atomic E-state index is -0.698. The number of hydrazine groups is 1. The Bertz CT molecular complexity index is 776. The summed E-state index contributed by atoms with van der Waals surface area (Å²) in [7, 11) is 0. The summed E-state index contributed by atoms with van der Waals surface area (Å²) < 4.78 is 0. The van der Waals surface area contributed by atoms with Crippen molar-refractivity contribution in [2.45, 2.75) is 25.8 Å². The summed E-state index contributed by atoms with van der Waals surface area (Å²) in [5.41, 5.74) is 11.8. The number of nitrogens with one attached hydrogen (secondary N) is 1. The summed E-state index contributed by atoms with van der Waals surface area (Å²) >= 11 is 0. The van der Waals surface area contributed by atoms with Crippen LogP contribution in [0, 0.1) is 0 Å². The van der Waals surface area contributed by atoms with E-state index in [4.69, 9.17) is 5.73 Å². The Kier molecular flexibility index (Phi) is 5.26. The zero-order valence-electron chi connectivity index (χ0n) is 13.5. The Hall–Kier alpha value is -2.37. The monoisotopic (exact) mass is 345 g/mol. The van der Waals surface area contributed by atoms with E-state index in [1.54, 1.807) is 6.92 Å². The molecule has 0 saturated carbocycles. The van der Waals surface area contributed by atoms with Crippen LogP contribution in [0.5, 0.6) is 0 Å². The first-order valence-corrected chi connectivity index (χ1v) is 7.59. The maximum Gasteiger partial charge on any atom is 0.255 e. The van der Waals surface area contributed by atoms with E-state index < -0.39 is 11.9 Å². The van der Waals surface area contributed by atoms with Crippen LogP contribution < -0.4 is 16.2 Å². The minimum absolute atomic E-state index is 0. The highest BCUT2D eigenvalue weighted by Crippen LogP contribution is 2.39. The quantitative estimate of drug-likeness (QED) is 0.878. The number of rotatable bonds is 2. The Morgan fingerprint density at radius 2 is 1.71 bits per heavy atom. The minimum Gasteiger partial charge on any atom is -0.320 e. The normalized spacial score (nSPS) is 17.0. The summed E-state index contributed by atoms with van der Waals surface area (Å²) in [5, 5.41) is 1.33. The van der Waals surface area contributed by atoms with Crippen LogP contribution in [0.3, 0.4) is 0 Å². The Balaban J connectivity index is 0.00000208. The summed E-state index contributed by atoms with van der Waals surface area (Å²) in [6.07, 6.45) is 0. The van der Waals surface area contributed by atoms with Gasteiger partial charge in [0.05, 0.1) is 17.6 Å². The van der Waals surface area contributed by atoms with E-state index in [-0.39, 0.29) is 24.2 Å². The molecule has 0 spiro atoms. The second kappa shape index (κ2) is 7.03. The van der Waals surface area contributed by atoms with Crippen molar-refractivity contribution in [1.29, 1.82) is 0 Å². The predicted molar refractivity (Wildman–Crippen MR) is 96.8 cm³/mol. The van der Waals surface area contributed by atoms with Gasteiger partial charge >= 0.3 is 0 Å². The average molecular weight is 346 g/mol. The first-order chi connectivity index (χ1) is 11.0. The number of nitrogens with two attached hydrogens (primary N) is 1. The molecule has 1 aliphatic rings. The van der Waals surface area contributed by atoms with Crippen LogP contribution in [0.15, 0.2) is 48.5 Å². The molecule has 0 unspecified atom stereocenters. The summed E-state index contributed by atoms with van der Waals surface area (Å²) in [4.78, 5) is 24.9. The van der Waals surface area contributed by atoms with E-state index >= 15 is 0 Å². The lowest BCUT2D eigenvalue weighted by Gasteiger charge is -2.26. The van der Waals surface area contributed by atoms with Crippen molar-refractivity contribution in [2.24, 2.45) is 5.73 Å². The molecule has 0 saturated heterocycles. The Morgan fingerprint density at radius 3 is 2.38 bits per heavy atom. The lowest BCUT2D eigenvalue weighted by atomic mass is 9.92. The number of hydrogen-bond acceptors (Lipinski definition) is 3. The highest BCUT2D eigenvalue weighted by Gasteiger charge is 2.32. The summed E-state index contributed by atoms with van der Waals surface area (Å²) in [5.74, 6) is -0.949. The highest BCUT2D eigenvalue weighted by molar-refractivity contribution is 6.06. The fourth-order valence-electron chi connectivity index (χ4n) is 2.79. The number of carbonyl (C=O) groups excluding carboxylic acids is 2. The van der Waals surface area contributed by atoms with Gasteiger partial charge in [-0.3, -0.25) is 15.0 Å². The standard InChI is InChI=1S/C18H19N3O2.ClH/c1-11-13-7-3-4-8-14(13)15-9-5-6-10-16(15)21(18(11)23)20-17(22)12(2)19;/h3-12H,19H2,1-2H3,(H,20,22);1H/t11-,12+;/m1./s1. The van der Waals surface area contributed by atoms with Gasteiger partial charge in [-0.15, -0.1) is 12.4 Å². The third-order valence-electron chi connectivity index (χ3n) is 4.09. The molecule has 3 N–H and O–H groups in total. The van der Waals surface area contributed by atoms with Gasteiger partial charge in [-0.25, -0.2) is 5.01 Å². The molecule has 24 heavy (non-hydrogen) atoms.